The van der Waals surface area contributed by atoms with Gasteiger partial charge in [-0.25, -0.2) is 13.2 Å². The van der Waals surface area contributed by atoms with Gasteiger partial charge in [0.05, 0.1) is 4.90 Å². The van der Waals surface area contributed by atoms with Gasteiger partial charge in [-0.3, -0.25) is 4.90 Å². The molecular formula is C25H24ClNO5S. The van der Waals surface area contributed by atoms with Crippen LogP contribution >= 0.6 is 11.6 Å². The lowest BCUT2D eigenvalue weighted by atomic mass is 9.95. The molecule has 1 N–H and O–H groups in total. The summed E-state index contributed by atoms with van der Waals surface area (Å²) in [5.74, 6) is 1.03. The summed E-state index contributed by atoms with van der Waals surface area (Å²) in [6.07, 6.45) is 0.363. The zero-order chi connectivity index (χ0) is 23.5. The Morgan fingerprint density at radius 2 is 1.55 bits per heavy atom. The summed E-state index contributed by atoms with van der Waals surface area (Å²) in [4.78, 5) is 11.8. The molecule has 1 saturated heterocycles. The smallest absolute Gasteiger partial charge is 0.408 e. The largest absolute Gasteiger partial charge is 0.465 e. The highest BCUT2D eigenvalue weighted by atomic mass is 35.5. The fourth-order valence-electron chi connectivity index (χ4n) is 4.30. The van der Waals surface area contributed by atoms with Crippen molar-refractivity contribution in [3.63, 3.8) is 0 Å². The van der Waals surface area contributed by atoms with Crippen LogP contribution in [0, 0.1) is 0 Å². The topological polar surface area (TPSA) is 83.9 Å². The Kier molecular flexibility index (Phi) is 6.63. The van der Waals surface area contributed by atoms with Gasteiger partial charge in [-0.1, -0.05) is 41.9 Å². The minimum Gasteiger partial charge on any atom is -0.465 e. The Balaban J connectivity index is 1.70. The Labute approximate surface area is 198 Å². The van der Waals surface area contributed by atoms with Crippen LogP contribution in [0.3, 0.4) is 0 Å². The second-order valence-corrected chi connectivity index (χ2v) is 10.7. The van der Waals surface area contributed by atoms with E-state index in [9.17, 15) is 18.3 Å². The Morgan fingerprint density at radius 1 is 0.939 bits per heavy atom. The van der Waals surface area contributed by atoms with Crippen LogP contribution in [0.5, 0.6) is 11.5 Å². The molecule has 172 valence electrons. The number of rotatable bonds is 6. The Morgan fingerprint density at radius 3 is 2.15 bits per heavy atom. The van der Waals surface area contributed by atoms with Crippen molar-refractivity contribution >= 4 is 27.5 Å². The first-order valence-electron chi connectivity index (χ1n) is 10.6. The van der Waals surface area contributed by atoms with Gasteiger partial charge in [0.15, 0.2) is 4.87 Å². The van der Waals surface area contributed by atoms with Crippen molar-refractivity contribution in [2.45, 2.75) is 35.4 Å². The summed E-state index contributed by atoms with van der Waals surface area (Å²) in [6.45, 7) is 0.180. The van der Waals surface area contributed by atoms with Crippen LogP contribution in [0.4, 0.5) is 4.79 Å². The quantitative estimate of drug-likeness (QED) is 0.462. The third kappa shape index (κ3) is 4.70. The van der Waals surface area contributed by atoms with E-state index in [1.807, 2.05) is 30.3 Å². The van der Waals surface area contributed by atoms with E-state index >= 15 is 0 Å². The molecule has 1 unspecified atom stereocenters. The molecule has 0 bridgehead atoms. The minimum atomic E-state index is -4.04. The maximum absolute atomic E-state index is 14.0. The molecule has 1 amide bonds. The zero-order valence-electron chi connectivity index (χ0n) is 17.9. The third-order valence-electron chi connectivity index (χ3n) is 5.93. The van der Waals surface area contributed by atoms with Crippen molar-refractivity contribution in [1.29, 1.82) is 0 Å². The first kappa shape index (κ1) is 23.1. The lowest BCUT2D eigenvalue weighted by molar-refractivity contribution is 0.0880. The molecule has 33 heavy (non-hydrogen) atoms. The number of ether oxygens (including phenoxy) is 1. The van der Waals surface area contributed by atoms with Crippen molar-refractivity contribution in [1.82, 2.24) is 4.90 Å². The molecule has 0 saturated carbocycles. The van der Waals surface area contributed by atoms with Crippen molar-refractivity contribution in [3.8, 4) is 11.5 Å². The highest BCUT2D eigenvalue weighted by molar-refractivity contribution is 7.92. The van der Waals surface area contributed by atoms with E-state index in [-0.39, 0.29) is 24.3 Å². The van der Waals surface area contributed by atoms with Crippen LogP contribution in [0.1, 0.15) is 24.8 Å². The van der Waals surface area contributed by atoms with Gasteiger partial charge < -0.3 is 9.84 Å². The molecule has 1 aliphatic heterocycles. The number of benzene rings is 3. The van der Waals surface area contributed by atoms with Crippen molar-refractivity contribution in [2.75, 3.05) is 6.54 Å². The molecule has 6 nitrogen and oxygen atoms in total. The summed E-state index contributed by atoms with van der Waals surface area (Å²) >= 11 is 5.90. The second-order valence-electron chi connectivity index (χ2n) is 8.03. The number of halogens is 1. The number of sulfone groups is 1. The number of likely N-dealkylation sites (tertiary alicyclic amines) is 1. The van der Waals surface area contributed by atoms with Gasteiger partial charge in [-0.05, 0) is 73.4 Å². The number of amides is 1. The molecule has 4 rings (SSSR count). The molecule has 3 aromatic rings. The number of carbonyl (C=O) groups is 1. The molecule has 0 aliphatic carbocycles. The molecule has 0 aromatic heterocycles. The number of carboxylic acid groups (broad SMARTS) is 1. The predicted molar refractivity (Wildman–Crippen MR) is 127 cm³/mol. The SMILES string of the molecule is O=C(O)N1CCCCC1(Cc1ccccc1)S(=O)(=O)c1ccc(Oc2ccc(Cl)cc2)cc1. The van der Waals surface area contributed by atoms with Gasteiger partial charge in [-0.2, -0.15) is 0 Å². The van der Waals surface area contributed by atoms with Crippen molar-refractivity contribution < 1.29 is 23.1 Å². The fraction of sp³-hybridized carbons (Fsp3) is 0.240. The summed E-state index contributed by atoms with van der Waals surface area (Å²) < 4.78 is 33.7. The zero-order valence-corrected chi connectivity index (χ0v) is 19.4. The van der Waals surface area contributed by atoms with E-state index < -0.39 is 20.8 Å². The van der Waals surface area contributed by atoms with Crippen LogP contribution in [0.15, 0.2) is 83.8 Å². The van der Waals surface area contributed by atoms with Crippen LogP contribution in [-0.2, 0) is 16.3 Å². The molecular weight excluding hydrogens is 462 g/mol. The number of hydrogen-bond donors (Lipinski definition) is 1. The minimum absolute atomic E-state index is 0.0648. The second kappa shape index (κ2) is 9.45. The maximum Gasteiger partial charge on any atom is 0.408 e. The maximum atomic E-state index is 14.0. The van der Waals surface area contributed by atoms with Crippen LogP contribution in [-0.4, -0.2) is 35.9 Å². The van der Waals surface area contributed by atoms with E-state index in [2.05, 4.69) is 0 Å². The average Bonchev–Trinajstić information content (AvgIpc) is 2.81. The van der Waals surface area contributed by atoms with Crippen LogP contribution in [0.2, 0.25) is 5.02 Å². The normalized spacial score (nSPS) is 18.6. The Hall–Kier alpha value is -3.03. The molecule has 0 spiro atoms. The van der Waals surface area contributed by atoms with Crippen LogP contribution in [0.25, 0.3) is 0 Å². The third-order valence-corrected chi connectivity index (χ3v) is 8.64. The molecule has 8 heteroatoms. The summed E-state index contributed by atoms with van der Waals surface area (Å²) in [7, 11) is -4.04. The number of piperidine rings is 1. The molecule has 0 radical (unpaired) electrons. The van der Waals surface area contributed by atoms with Gasteiger partial charge in [0.25, 0.3) is 0 Å². The van der Waals surface area contributed by atoms with E-state index in [0.717, 1.165) is 10.5 Å². The fourth-order valence-corrected chi connectivity index (χ4v) is 6.59. The van der Waals surface area contributed by atoms with E-state index in [1.165, 1.54) is 12.1 Å². The first-order chi connectivity index (χ1) is 15.8. The van der Waals surface area contributed by atoms with E-state index in [0.29, 0.717) is 29.4 Å². The standard InChI is InChI=1S/C25H24ClNO5S/c26-20-8-10-21(11-9-20)32-22-12-14-23(15-13-22)33(30,31)25(18-19-6-2-1-3-7-19)16-4-5-17-27(25)24(28)29/h1-3,6-15H,4-5,16-18H2,(H,28,29). The molecule has 1 fully saturated rings. The van der Waals surface area contributed by atoms with E-state index in [1.54, 1.807) is 36.4 Å². The van der Waals surface area contributed by atoms with Crippen molar-refractivity contribution in [3.05, 3.63) is 89.4 Å². The molecule has 3 aromatic carbocycles. The monoisotopic (exact) mass is 485 g/mol. The Bertz CT molecular complexity index is 1210. The van der Waals surface area contributed by atoms with Crippen LogP contribution < -0.4 is 4.74 Å². The molecule has 1 aliphatic rings. The summed E-state index contributed by atoms with van der Waals surface area (Å²) in [5.41, 5.74) is 0.775. The first-order valence-corrected chi connectivity index (χ1v) is 12.5. The van der Waals surface area contributed by atoms with Gasteiger partial charge in [0.1, 0.15) is 11.5 Å². The van der Waals surface area contributed by atoms with E-state index in [4.69, 9.17) is 16.3 Å². The van der Waals surface area contributed by atoms with Gasteiger partial charge in [0, 0.05) is 18.0 Å². The molecule has 1 heterocycles. The number of hydrogen-bond acceptors (Lipinski definition) is 4. The summed E-state index contributed by atoms with van der Waals surface area (Å²) in [5, 5.41) is 10.5. The highest BCUT2D eigenvalue weighted by Crippen LogP contribution is 2.40. The van der Waals surface area contributed by atoms with Crippen molar-refractivity contribution in [2.24, 2.45) is 0 Å². The van der Waals surface area contributed by atoms with Gasteiger partial charge in [-0.15, -0.1) is 0 Å². The summed E-state index contributed by atoms with van der Waals surface area (Å²) in [6, 6.07) is 22.1. The molecule has 1 atom stereocenters. The predicted octanol–water partition coefficient (Wildman–Crippen LogP) is 6.01. The van der Waals surface area contributed by atoms with Gasteiger partial charge in [0.2, 0.25) is 9.84 Å². The van der Waals surface area contributed by atoms with Gasteiger partial charge >= 0.3 is 6.09 Å². The lowest BCUT2D eigenvalue weighted by Gasteiger charge is -2.45. The number of nitrogens with zero attached hydrogens (tertiary/aromatic N) is 1. The lowest BCUT2D eigenvalue weighted by Crippen LogP contribution is -2.60. The average molecular weight is 486 g/mol. The highest BCUT2D eigenvalue weighted by Gasteiger charge is 2.52.